The van der Waals surface area contributed by atoms with Gasteiger partial charge in [0.1, 0.15) is 0 Å². The van der Waals surface area contributed by atoms with E-state index in [4.69, 9.17) is 0 Å². The van der Waals surface area contributed by atoms with Crippen molar-refractivity contribution in [3.63, 3.8) is 0 Å². The molecule has 0 aromatic rings. The minimum Gasteiger partial charge on any atom is -0.294 e. The van der Waals surface area contributed by atoms with Gasteiger partial charge in [-0.25, -0.2) is 0 Å². The van der Waals surface area contributed by atoms with E-state index in [0.29, 0.717) is 0 Å². The second-order valence-electron chi connectivity index (χ2n) is 3.44. The van der Waals surface area contributed by atoms with E-state index < -0.39 is 0 Å². The van der Waals surface area contributed by atoms with Crippen LogP contribution in [-0.2, 0) is 0 Å². The normalized spacial score (nSPS) is 21.2. The summed E-state index contributed by atoms with van der Waals surface area (Å²) in [7, 11) is 0. The van der Waals surface area contributed by atoms with Gasteiger partial charge in [0.05, 0.1) is 0 Å². The van der Waals surface area contributed by atoms with Gasteiger partial charge in [0.2, 0.25) is 0 Å². The summed E-state index contributed by atoms with van der Waals surface area (Å²) in [6, 6.07) is 0. The van der Waals surface area contributed by atoms with Gasteiger partial charge in [-0.2, -0.15) is 0 Å². The van der Waals surface area contributed by atoms with Gasteiger partial charge in [0.25, 0.3) is 0 Å². The highest BCUT2D eigenvalue weighted by atomic mass is 14.8. The standard InChI is InChI=1S/2C5H9N/c2*1-5-3-2-4-6-5/h2*2-4H2,1H3. The van der Waals surface area contributed by atoms with Gasteiger partial charge in [-0.05, 0) is 39.5 Å². The van der Waals surface area contributed by atoms with Crippen LogP contribution in [0, 0.1) is 0 Å². The Morgan fingerprint density at radius 3 is 1.33 bits per heavy atom. The number of hydrogen-bond acceptors (Lipinski definition) is 2. The van der Waals surface area contributed by atoms with E-state index in [0.717, 1.165) is 13.1 Å². The van der Waals surface area contributed by atoms with Gasteiger partial charge in [-0.3, -0.25) is 9.98 Å². The molecule has 12 heavy (non-hydrogen) atoms. The molecule has 0 fully saturated rings. The fraction of sp³-hybridized carbons (Fsp3) is 0.800. The maximum atomic E-state index is 4.15. The molecule has 0 aromatic heterocycles. The lowest BCUT2D eigenvalue weighted by Crippen LogP contribution is -1.77. The smallest absolute Gasteiger partial charge is 0.0392 e. The van der Waals surface area contributed by atoms with E-state index in [1.807, 2.05) is 0 Å². The molecule has 2 aliphatic heterocycles. The van der Waals surface area contributed by atoms with Crippen molar-refractivity contribution in [1.82, 2.24) is 0 Å². The molecular weight excluding hydrogens is 148 g/mol. The summed E-state index contributed by atoms with van der Waals surface area (Å²) < 4.78 is 0. The zero-order chi connectivity index (χ0) is 8.81. The van der Waals surface area contributed by atoms with Crippen LogP contribution in [0.25, 0.3) is 0 Å². The van der Waals surface area contributed by atoms with E-state index in [1.54, 1.807) is 0 Å². The first-order valence-electron chi connectivity index (χ1n) is 4.79. The summed E-state index contributed by atoms with van der Waals surface area (Å²) in [6.07, 6.45) is 5.04. The summed E-state index contributed by atoms with van der Waals surface area (Å²) in [5.41, 5.74) is 2.66. The van der Waals surface area contributed by atoms with E-state index in [2.05, 4.69) is 23.8 Å². The SMILES string of the molecule is CC1=NCCC1.CC1=NCCC1. The molecule has 0 aliphatic carbocycles. The van der Waals surface area contributed by atoms with Crippen LogP contribution in [0.15, 0.2) is 9.98 Å². The Hall–Kier alpha value is -0.660. The van der Waals surface area contributed by atoms with E-state index in [1.165, 1.54) is 37.1 Å². The van der Waals surface area contributed by atoms with Crippen LogP contribution >= 0.6 is 0 Å². The van der Waals surface area contributed by atoms with Crippen LogP contribution in [0.3, 0.4) is 0 Å². The lowest BCUT2D eigenvalue weighted by Gasteiger charge is -1.76. The molecule has 0 spiro atoms. The molecule has 2 nitrogen and oxygen atoms in total. The second kappa shape index (κ2) is 5.07. The molecule has 0 radical (unpaired) electrons. The van der Waals surface area contributed by atoms with Crippen LogP contribution < -0.4 is 0 Å². The first-order chi connectivity index (χ1) is 5.79. The van der Waals surface area contributed by atoms with Crippen molar-refractivity contribution in [1.29, 1.82) is 0 Å². The van der Waals surface area contributed by atoms with E-state index in [9.17, 15) is 0 Å². The lowest BCUT2D eigenvalue weighted by molar-refractivity contribution is 0.951. The highest BCUT2D eigenvalue weighted by Crippen LogP contribution is 2.01. The Balaban J connectivity index is 0.000000120. The molecule has 2 heterocycles. The van der Waals surface area contributed by atoms with Gasteiger partial charge >= 0.3 is 0 Å². The van der Waals surface area contributed by atoms with Crippen LogP contribution in [0.2, 0.25) is 0 Å². The Kier molecular flexibility index (Phi) is 3.98. The second-order valence-corrected chi connectivity index (χ2v) is 3.44. The predicted molar refractivity (Wildman–Crippen MR) is 54.4 cm³/mol. The predicted octanol–water partition coefficient (Wildman–Crippen LogP) is 2.48. The summed E-state index contributed by atoms with van der Waals surface area (Å²) in [6.45, 7) is 6.33. The Bertz CT molecular complexity index is 170. The molecule has 2 aliphatic rings. The minimum absolute atomic E-state index is 1.08. The highest BCUT2D eigenvalue weighted by Gasteiger charge is 1.97. The third-order valence-corrected chi connectivity index (χ3v) is 2.16. The van der Waals surface area contributed by atoms with Gasteiger partial charge in [-0.1, -0.05) is 0 Å². The third-order valence-electron chi connectivity index (χ3n) is 2.16. The summed E-state index contributed by atoms with van der Waals surface area (Å²) in [5, 5.41) is 0. The molecule has 0 saturated carbocycles. The van der Waals surface area contributed by atoms with Gasteiger partial charge in [0.15, 0.2) is 0 Å². The molecule has 2 heteroatoms. The quantitative estimate of drug-likeness (QED) is 0.528. The Morgan fingerprint density at radius 2 is 1.25 bits per heavy atom. The monoisotopic (exact) mass is 166 g/mol. The fourth-order valence-electron chi connectivity index (χ4n) is 1.37. The summed E-state index contributed by atoms with van der Waals surface area (Å²) in [4.78, 5) is 8.31. The fourth-order valence-corrected chi connectivity index (χ4v) is 1.37. The van der Waals surface area contributed by atoms with Crippen LogP contribution in [-0.4, -0.2) is 24.5 Å². The van der Waals surface area contributed by atoms with Crippen molar-refractivity contribution in [3.05, 3.63) is 0 Å². The lowest BCUT2D eigenvalue weighted by atomic mass is 10.3. The largest absolute Gasteiger partial charge is 0.294 e. The van der Waals surface area contributed by atoms with Gasteiger partial charge in [-0.15, -0.1) is 0 Å². The molecule has 2 rings (SSSR count). The maximum Gasteiger partial charge on any atom is 0.0392 e. The van der Waals surface area contributed by atoms with Gasteiger partial charge in [0, 0.05) is 24.5 Å². The summed E-state index contributed by atoms with van der Waals surface area (Å²) >= 11 is 0. The van der Waals surface area contributed by atoms with Crippen molar-refractivity contribution >= 4 is 11.4 Å². The van der Waals surface area contributed by atoms with Crippen molar-refractivity contribution in [2.45, 2.75) is 39.5 Å². The van der Waals surface area contributed by atoms with Gasteiger partial charge < -0.3 is 0 Å². The van der Waals surface area contributed by atoms with E-state index >= 15 is 0 Å². The average molecular weight is 166 g/mol. The molecule has 0 amide bonds. The average Bonchev–Trinajstić information content (AvgIpc) is 2.63. The molecule has 0 bridgehead atoms. The Morgan fingerprint density at radius 1 is 0.833 bits per heavy atom. The molecule has 0 aromatic carbocycles. The third kappa shape index (κ3) is 3.65. The number of rotatable bonds is 0. The summed E-state index contributed by atoms with van der Waals surface area (Å²) in [5.74, 6) is 0. The molecule has 0 saturated heterocycles. The van der Waals surface area contributed by atoms with Crippen molar-refractivity contribution in [3.8, 4) is 0 Å². The zero-order valence-corrected chi connectivity index (χ0v) is 8.14. The zero-order valence-electron chi connectivity index (χ0n) is 8.14. The van der Waals surface area contributed by atoms with Crippen LogP contribution in [0.4, 0.5) is 0 Å². The number of hydrogen-bond donors (Lipinski definition) is 0. The van der Waals surface area contributed by atoms with Crippen molar-refractivity contribution in [2.75, 3.05) is 13.1 Å². The molecule has 0 unspecified atom stereocenters. The topological polar surface area (TPSA) is 24.7 Å². The molecule has 0 atom stereocenters. The van der Waals surface area contributed by atoms with Crippen LogP contribution in [0.5, 0.6) is 0 Å². The van der Waals surface area contributed by atoms with E-state index in [-0.39, 0.29) is 0 Å². The first-order valence-corrected chi connectivity index (χ1v) is 4.79. The van der Waals surface area contributed by atoms with Crippen molar-refractivity contribution in [2.24, 2.45) is 9.98 Å². The minimum atomic E-state index is 1.08. The van der Waals surface area contributed by atoms with Crippen LogP contribution in [0.1, 0.15) is 39.5 Å². The molecule has 0 N–H and O–H groups in total. The Labute approximate surface area is 74.8 Å². The first kappa shape index (κ1) is 9.43. The highest BCUT2D eigenvalue weighted by molar-refractivity contribution is 5.83. The number of nitrogens with zero attached hydrogens (tertiary/aromatic N) is 2. The molecular formula is C10H18N2. The number of aliphatic imine (C=N–C) groups is 2. The van der Waals surface area contributed by atoms with Crippen molar-refractivity contribution < 1.29 is 0 Å². The molecule has 68 valence electrons. The maximum absolute atomic E-state index is 4.15.